The molecule has 2 aromatic carbocycles. The Kier molecular flexibility index (Phi) is 5.07. The van der Waals surface area contributed by atoms with E-state index in [1.807, 2.05) is 54.6 Å². The first-order valence-corrected chi connectivity index (χ1v) is 6.86. The van der Waals surface area contributed by atoms with Crippen LogP contribution >= 0.6 is 12.6 Å². The minimum atomic E-state index is -0.311. The predicted molar refractivity (Wildman–Crippen MR) is 84.3 cm³/mol. The van der Waals surface area contributed by atoms with Gasteiger partial charge in [0.15, 0.2) is 0 Å². The molecule has 0 aromatic heterocycles. The van der Waals surface area contributed by atoms with Crippen molar-refractivity contribution in [2.75, 3.05) is 5.32 Å². The van der Waals surface area contributed by atoms with Gasteiger partial charge in [-0.05, 0) is 36.8 Å². The zero-order valence-electron chi connectivity index (χ0n) is 11.2. The van der Waals surface area contributed by atoms with Gasteiger partial charge in [0.2, 0.25) is 5.12 Å². The third-order valence-corrected chi connectivity index (χ3v) is 3.24. The molecule has 0 heterocycles. The third kappa shape index (κ3) is 4.31. The van der Waals surface area contributed by atoms with Crippen LogP contribution in [0.2, 0.25) is 0 Å². The van der Waals surface area contributed by atoms with Crippen LogP contribution in [0.1, 0.15) is 12.5 Å². The molecule has 0 unspecified atom stereocenters. The topological polar surface area (TPSA) is 38.3 Å². The normalized spacial score (nSPS) is 11.7. The van der Waals surface area contributed by atoms with Crippen molar-refractivity contribution in [2.45, 2.75) is 19.6 Å². The molecule has 4 heteroatoms. The van der Waals surface area contributed by atoms with Gasteiger partial charge in [-0.2, -0.15) is 0 Å². The molecule has 0 saturated carbocycles. The van der Waals surface area contributed by atoms with Gasteiger partial charge in [0.25, 0.3) is 0 Å². The average molecular weight is 287 g/mol. The lowest BCUT2D eigenvalue weighted by atomic mass is 10.2. The van der Waals surface area contributed by atoms with E-state index < -0.39 is 0 Å². The summed E-state index contributed by atoms with van der Waals surface area (Å²) in [6, 6.07) is 17.2. The second-order valence-electron chi connectivity index (χ2n) is 4.50. The van der Waals surface area contributed by atoms with Crippen molar-refractivity contribution in [1.29, 1.82) is 0 Å². The predicted octanol–water partition coefficient (Wildman–Crippen LogP) is 3.52. The maximum atomic E-state index is 11.1. The summed E-state index contributed by atoms with van der Waals surface area (Å²) in [4.78, 5) is 11.1. The molecule has 0 fully saturated rings. The first-order valence-electron chi connectivity index (χ1n) is 6.41. The van der Waals surface area contributed by atoms with Gasteiger partial charge < -0.3 is 10.1 Å². The lowest BCUT2D eigenvalue weighted by molar-refractivity contribution is -0.111. The molecule has 1 N–H and O–H groups in total. The summed E-state index contributed by atoms with van der Waals surface area (Å²) >= 11 is 3.79. The Bertz CT molecular complexity index is 554. The first-order chi connectivity index (χ1) is 9.65. The molecule has 20 heavy (non-hydrogen) atoms. The molecule has 0 aliphatic carbocycles. The Balaban J connectivity index is 1.90. The number of carbonyl (C=O) groups excluding carboxylic acids is 1. The van der Waals surface area contributed by atoms with Crippen molar-refractivity contribution in [3.63, 3.8) is 0 Å². The lowest BCUT2D eigenvalue weighted by Gasteiger charge is -2.12. The van der Waals surface area contributed by atoms with Crippen molar-refractivity contribution in [2.24, 2.45) is 0 Å². The van der Waals surface area contributed by atoms with E-state index in [1.165, 1.54) is 0 Å². The molecule has 2 rings (SSSR count). The zero-order valence-corrected chi connectivity index (χ0v) is 12.1. The Morgan fingerprint density at radius 2 is 1.80 bits per heavy atom. The molecule has 0 spiro atoms. The van der Waals surface area contributed by atoms with Gasteiger partial charge in [-0.1, -0.05) is 30.3 Å². The minimum absolute atomic E-state index is 0.186. The van der Waals surface area contributed by atoms with Crippen molar-refractivity contribution in [1.82, 2.24) is 0 Å². The smallest absolute Gasteiger partial charge is 0.207 e. The van der Waals surface area contributed by atoms with E-state index in [-0.39, 0.29) is 11.2 Å². The third-order valence-electron chi connectivity index (χ3n) is 2.86. The molecule has 0 bridgehead atoms. The van der Waals surface area contributed by atoms with Crippen LogP contribution in [-0.2, 0) is 11.4 Å². The number of thiol groups is 1. The molecule has 0 aliphatic heterocycles. The highest BCUT2D eigenvalue weighted by molar-refractivity contribution is 7.96. The van der Waals surface area contributed by atoms with Crippen LogP contribution in [-0.4, -0.2) is 11.2 Å². The number of ether oxygens (including phenoxy) is 1. The molecule has 0 saturated heterocycles. The standard InChI is InChI=1S/C16H17NO2S/c1-12(16(18)20)17-14-7-9-15(10-8-14)19-11-13-5-3-2-4-6-13/h2-10,12,17H,11H2,1H3,(H,18,20)/t12-/m0/s1. The lowest BCUT2D eigenvalue weighted by Crippen LogP contribution is -2.21. The Labute approximate surface area is 124 Å². The van der Waals surface area contributed by atoms with Crippen LogP contribution in [0, 0.1) is 0 Å². The highest BCUT2D eigenvalue weighted by Crippen LogP contribution is 2.18. The summed E-state index contributed by atoms with van der Waals surface area (Å²) in [6.45, 7) is 2.31. The second kappa shape index (κ2) is 7.01. The van der Waals surface area contributed by atoms with Gasteiger partial charge in [0.05, 0.1) is 6.04 Å². The van der Waals surface area contributed by atoms with Crippen molar-refractivity contribution < 1.29 is 9.53 Å². The SMILES string of the molecule is C[C@H](Nc1ccc(OCc2ccccc2)cc1)C(=O)S. The van der Waals surface area contributed by atoms with Crippen LogP contribution in [0.4, 0.5) is 5.69 Å². The second-order valence-corrected chi connectivity index (χ2v) is 4.94. The molecule has 2 aromatic rings. The number of hydrogen-bond donors (Lipinski definition) is 2. The highest BCUT2D eigenvalue weighted by atomic mass is 32.1. The highest BCUT2D eigenvalue weighted by Gasteiger charge is 2.07. The van der Waals surface area contributed by atoms with E-state index >= 15 is 0 Å². The van der Waals surface area contributed by atoms with Gasteiger partial charge in [-0.25, -0.2) is 0 Å². The molecular formula is C16H17NO2S. The van der Waals surface area contributed by atoms with Crippen LogP contribution in [0.3, 0.4) is 0 Å². The Morgan fingerprint density at radius 1 is 1.15 bits per heavy atom. The summed E-state index contributed by atoms with van der Waals surface area (Å²) in [5.41, 5.74) is 2.00. The number of anilines is 1. The molecule has 1 atom stereocenters. The molecule has 104 valence electrons. The van der Waals surface area contributed by atoms with E-state index in [1.54, 1.807) is 6.92 Å². The minimum Gasteiger partial charge on any atom is -0.489 e. The van der Waals surface area contributed by atoms with Crippen molar-refractivity contribution in [3.8, 4) is 5.75 Å². The van der Waals surface area contributed by atoms with Crippen molar-refractivity contribution in [3.05, 3.63) is 60.2 Å². The molecule has 0 radical (unpaired) electrons. The Morgan fingerprint density at radius 3 is 2.40 bits per heavy atom. The summed E-state index contributed by atoms with van der Waals surface area (Å²) in [5.74, 6) is 0.796. The van der Waals surface area contributed by atoms with E-state index in [9.17, 15) is 4.79 Å². The number of rotatable bonds is 6. The van der Waals surface area contributed by atoms with Crippen LogP contribution < -0.4 is 10.1 Å². The average Bonchev–Trinajstić information content (AvgIpc) is 2.47. The monoisotopic (exact) mass is 287 g/mol. The van der Waals surface area contributed by atoms with Gasteiger partial charge >= 0.3 is 0 Å². The van der Waals surface area contributed by atoms with Gasteiger partial charge in [0.1, 0.15) is 12.4 Å². The van der Waals surface area contributed by atoms with E-state index in [0.29, 0.717) is 6.61 Å². The Hall–Kier alpha value is -1.94. The van der Waals surface area contributed by atoms with Crippen LogP contribution in [0.5, 0.6) is 5.75 Å². The van der Waals surface area contributed by atoms with Gasteiger partial charge in [-0.3, -0.25) is 4.79 Å². The number of nitrogens with one attached hydrogen (secondary N) is 1. The number of benzene rings is 2. The molecule has 0 aliphatic rings. The summed E-state index contributed by atoms with van der Waals surface area (Å²) in [5, 5.41) is 2.88. The fraction of sp³-hybridized carbons (Fsp3) is 0.188. The van der Waals surface area contributed by atoms with Gasteiger partial charge in [0, 0.05) is 5.69 Å². The van der Waals surface area contributed by atoms with Crippen LogP contribution in [0.15, 0.2) is 54.6 Å². The van der Waals surface area contributed by atoms with Crippen molar-refractivity contribution >= 4 is 23.4 Å². The zero-order chi connectivity index (χ0) is 14.4. The maximum absolute atomic E-state index is 11.1. The largest absolute Gasteiger partial charge is 0.489 e. The molecule has 0 amide bonds. The van der Waals surface area contributed by atoms with Gasteiger partial charge in [-0.15, -0.1) is 12.6 Å². The number of carbonyl (C=O) groups is 1. The number of hydrogen-bond acceptors (Lipinski definition) is 3. The van der Waals surface area contributed by atoms with Crippen LogP contribution in [0.25, 0.3) is 0 Å². The summed E-state index contributed by atoms with van der Waals surface area (Å²) < 4.78 is 5.69. The van der Waals surface area contributed by atoms with E-state index in [2.05, 4.69) is 17.9 Å². The quantitative estimate of drug-likeness (QED) is 0.798. The van der Waals surface area contributed by atoms with E-state index in [0.717, 1.165) is 17.0 Å². The fourth-order valence-corrected chi connectivity index (χ4v) is 1.76. The first kappa shape index (κ1) is 14.5. The summed E-state index contributed by atoms with van der Waals surface area (Å²) in [7, 11) is 0. The molecule has 3 nitrogen and oxygen atoms in total. The van der Waals surface area contributed by atoms with E-state index in [4.69, 9.17) is 4.74 Å². The molecular weight excluding hydrogens is 270 g/mol. The maximum Gasteiger partial charge on any atom is 0.207 e. The fourth-order valence-electron chi connectivity index (χ4n) is 1.70. The summed E-state index contributed by atoms with van der Waals surface area (Å²) in [6.07, 6.45) is 0.